The lowest BCUT2D eigenvalue weighted by Gasteiger charge is -2.01. The first-order chi connectivity index (χ1) is 5.55. The van der Waals surface area contributed by atoms with E-state index in [-0.39, 0.29) is 6.29 Å². The first-order valence-electron chi connectivity index (χ1n) is 3.00. The molecule has 0 bridgehead atoms. The molecule has 0 saturated carbocycles. The minimum atomic E-state index is -4.30. The molecule has 0 spiro atoms. The fourth-order valence-electron chi connectivity index (χ4n) is 0.737. The highest BCUT2D eigenvalue weighted by atomic mass is 32.2. The summed E-state index contributed by atoms with van der Waals surface area (Å²) in [6.45, 7) is 0. The van der Waals surface area contributed by atoms with Gasteiger partial charge in [0.05, 0.1) is 0 Å². The molecule has 1 atom stereocenters. The van der Waals surface area contributed by atoms with Gasteiger partial charge in [0.15, 0.2) is 5.25 Å². The smallest absolute Gasteiger partial charge is 0.279 e. The zero-order chi connectivity index (χ0) is 9.19. The summed E-state index contributed by atoms with van der Waals surface area (Å²) in [6.07, 6.45) is 0.209. The predicted molar refractivity (Wildman–Crippen MR) is 44.7 cm³/mol. The van der Waals surface area contributed by atoms with E-state index in [9.17, 15) is 13.2 Å². The highest BCUT2D eigenvalue weighted by Crippen LogP contribution is 2.23. The summed E-state index contributed by atoms with van der Waals surface area (Å²) in [5, 5.41) is 0.203. The van der Waals surface area contributed by atoms with Crippen LogP contribution in [0.3, 0.4) is 0 Å². The van der Waals surface area contributed by atoms with Crippen molar-refractivity contribution in [1.29, 1.82) is 0 Å². The molecule has 1 aromatic heterocycles. The van der Waals surface area contributed by atoms with Crippen LogP contribution >= 0.6 is 11.3 Å². The second kappa shape index (κ2) is 3.34. The minimum absolute atomic E-state index is 0.209. The van der Waals surface area contributed by atoms with Crippen LogP contribution in [0, 0.1) is 0 Å². The van der Waals surface area contributed by atoms with Crippen molar-refractivity contribution in [3.8, 4) is 0 Å². The van der Waals surface area contributed by atoms with Crippen molar-refractivity contribution in [2.75, 3.05) is 0 Å². The monoisotopic (exact) mass is 206 g/mol. The van der Waals surface area contributed by atoms with Gasteiger partial charge in [-0.15, -0.1) is 11.3 Å². The predicted octanol–water partition coefficient (Wildman–Crippen LogP) is 0.876. The van der Waals surface area contributed by atoms with Crippen LogP contribution in [0.2, 0.25) is 0 Å². The van der Waals surface area contributed by atoms with Crippen LogP contribution in [0.5, 0.6) is 0 Å². The van der Waals surface area contributed by atoms with Crippen molar-refractivity contribution < 1.29 is 17.8 Å². The number of thiophene rings is 1. The van der Waals surface area contributed by atoms with Gasteiger partial charge < -0.3 is 4.79 Å². The number of aldehydes is 1. The SMILES string of the molecule is O=CC(c1cccs1)S(=O)(=O)O. The highest BCUT2D eigenvalue weighted by Gasteiger charge is 2.24. The summed E-state index contributed by atoms with van der Waals surface area (Å²) in [4.78, 5) is 10.6. The maximum atomic E-state index is 10.6. The minimum Gasteiger partial charge on any atom is -0.301 e. The maximum Gasteiger partial charge on any atom is 0.279 e. The van der Waals surface area contributed by atoms with Crippen LogP contribution in [0.25, 0.3) is 0 Å². The fourth-order valence-corrected chi connectivity index (χ4v) is 2.44. The first-order valence-corrected chi connectivity index (χ1v) is 5.39. The Morgan fingerprint density at radius 2 is 2.25 bits per heavy atom. The van der Waals surface area contributed by atoms with Crippen LogP contribution in [0.4, 0.5) is 0 Å². The van der Waals surface area contributed by atoms with E-state index in [2.05, 4.69) is 0 Å². The van der Waals surface area contributed by atoms with Crippen molar-refractivity contribution in [2.24, 2.45) is 0 Å². The van der Waals surface area contributed by atoms with Gasteiger partial charge >= 0.3 is 0 Å². The average molecular weight is 206 g/mol. The molecule has 0 fully saturated rings. The molecule has 66 valence electrons. The third kappa shape index (κ3) is 1.90. The molecule has 0 aromatic carbocycles. The maximum absolute atomic E-state index is 10.6. The Morgan fingerprint density at radius 1 is 1.58 bits per heavy atom. The van der Waals surface area contributed by atoms with Crippen molar-refractivity contribution in [2.45, 2.75) is 5.25 Å². The zero-order valence-electron chi connectivity index (χ0n) is 5.88. The molecule has 1 aromatic rings. The number of carbonyl (C=O) groups is 1. The van der Waals surface area contributed by atoms with E-state index in [0.717, 1.165) is 11.3 Å². The Bertz CT molecular complexity index is 351. The van der Waals surface area contributed by atoms with Crippen molar-refractivity contribution >= 4 is 27.7 Å². The summed E-state index contributed by atoms with van der Waals surface area (Å²) in [7, 11) is -4.30. The normalized spacial score (nSPS) is 14.1. The lowest BCUT2D eigenvalue weighted by atomic mass is 10.4. The number of carbonyl (C=O) groups excluding carboxylic acids is 1. The Balaban J connectivity index is 3.08. The number of hydrogen-bond donors (Lipinski definition) is 1. The second-order valence-corrected chi connectivity index (χ2v) is 4.60. The van der Waals surface area contributed by atoms with Gasteiger partial charge in [-0.1, -0.05) is 6.07 Å². The molecule has 0 radical (unpaired) electrons. The Labute approximate surface area is 73.6 Å². The van der Waals surface area contributed by atoms with Gasteiger partial charge in [0.2, 0.25) is 0 Å². The van der Waals surface area contributed by atoms with Crippen molar-refractivity contribution in [3.05, 3.63) is 22.4 Å². The number of hydrogen-bond acceptors (Lipinski definition) is 4. The van der Waals surface area contributed by atoms with Gasteiger partial charge in [0, 0.05) is 4.88 Å². The third-order valence-electron chi connectivity index (χ3n) is 1.27. The molecular weight excluding hydrogens is 200 g/mol. The third-order valence-corrected chi connectivity index (χ3v) is 3.38. The van der Waals surface area contributed by atoms with Gasteiger partial charge in [-0.25, -0.2) is 0 Å². The molecular formula is C6H6O4S2. The van der Waals surface area contributed by atoms with Crippen LogP contribution < -0.4 is 0 Å². The van der Waals surface area contributed by atoms with E-state index in [4.69, 9.17) is 4.55 Å². The highest BCUT2D eigenvalue weighted by molar-refractivity contribution is 7.86. The van der Waals surface area contributed by atoms with E-state index in [1.54, 1.807) is 11.4 Å². The van der Waals surface area contributed by atoms with E-state index in [0.29, 0.717) is 4.88 Å². The quantitative estimate of drug-likeness (QED) is 0.588. The van der Waals surface area contributed by atoms with Gasteiger partial charge in [-0.05, 0) is 11.4 Å². The topological polar surface area (TPSA) is 71.4 Å². The standard InChI is InChI=1S/C6H6O4S2/c7-4-6(12(8,9)10)5-2-1-3-11-5/h1-4,6H,(H,8,9,10). The van der Waals surface area contributed by atoms with Gasteiger partial charge in [0.25, 0.3) is 10.1 Å². The Morgan fingerprint density at radius 3 is 2.58 bits per heavy atom. The molecule has 0 amide bonds. The van der Waals surface area contributed by atoms with E-state index < -0.39 is 15.4 Å². The molecule has 0 saturated heterocycles. The van der Waals surface area contributed by atoms with E-state index >= 15 is 0 Å². The van der Waals surface area contributed by atoms with Crippen molar-refractivity contribution in [1.82, 2.24) is 0 Å². The molecule has 12 heavy (non-hydrogen) atoms. The molecule has 0 aliphatic rings. The van der Waals surface area contributed by atoms with Crippen molar-refractivity contribution in [3.63, 3.8) is 0 Å². The first kappa shape index (κ1) is 9.37. The van der Waals surface area contributed by atoms with E-state index in [1.165, 1.54) is 6.07 Å². The summed E-state index contributed by atoms with van der Waals surface area (Å²) < 4.78 is 29.8. The Kier molecular flexibility index (Phi) is 2.61. The fraction of sp³-hybridized carbons (Fsp3) is 0.167. The summed E-state index contributed by atoms with van der Waals surface area (Å²) >= 11 is 1.11. The van der Waals surface area contributed by atoms with Crippen LogP contribution in [-0.4, -0.2) is 19.3 Å². The molecule has 1 unspecified atom stereocenters. The lowest BCUT2D eigenvalue weighted by Crippen LogP contribution is -2.11. The molecule has 6 heteroatoms. The summed E-state index contributed by atoms with van der Waals surface area (Å²) in [5.41, 5.74) is 0. The lowest BCUT2D eigenvalue weighted by molar-refractivity contribution is -0.107. The van der Waals surface area contributed by atoms with Gasteiger partial charge in [-0.2, -0.15) is 8.42 Å². The zero-order valence-corrected chi connectivity index (χ0v) is 7.51. The van der Waals surface area contributed by atoms with E-state index in [1.807, 2.05) is 0 Å². The molecule has 1 N–H and O–H groups in total. The van der Waals surface area contributed by atoms with Crippen LogP contribution in [0.1, 0.15) is 10.1 Å². The summed E-state index contributed by atoms with van der Waals surface area (Å²) in [5.74, 6) is 0. The van der Waals surface area contributed by atoms with Gasteiger partial charge in [0.1, 0.15) is 6.29 Å². The van der Waals surface area contributed by atoms with Crippen LogP contribution in [0.15, 0.2) is 17.5 Å². The second-order valence-electron chi connectivity index (χ2n) is 2.09. The van der Waals surface area contributed by atoms with Crippen LogP contribution in [-0.2, 0) is 14.9 Å². The molecule has 1 rings (SSSR count). The molecule has 4 nitrogen and oxygen atoms in total. The summed E-state index contributed by atoms with van der Waals surface area (Å²) in [6, 6.07) is 3.10. The Hall–Kier alpha value is -0.720. The average Bonchev–Trinajstić information content (AvgIpc) is 2.38. The molecule has 0 aliphatic carbocycles. The molecule has 1 heterocycles. The largest absolute Gasteiger partial charge is 0.301 e. The number of rotatable bonds is 3. The molecule has 0 aliphatic heterocycles. The van der Waals surface area contributed by atoms with Gasteiger partial charge in [-0.3, -0.25) is 4.55 Å².